The van der Waals surface area contributed by atoms with Crippen molar-refractivity contribution in [3.63, 3.8) is 0 Å². The van der Waals surface area contributed by atoms with E-state index in [1.54, 1.807) is 0 Å². The molecule has 1 aliphatic rings. The highest BCUT2D eigenvalue weighted by molar-refractivity contribution is 7.25. The summed E-state index contributed by atoms with van der Waals surface area (Å²) in [4.78, 5) is 2.43. The van der Waals surface area contributed by atoms with Crippen molar-refractivity contribution < 1.29 is 0 Å². The van der Waals surface area contributed by atoms with Crippen molar-refractivity contribution in [2.45, 2.75) is 5.41 Å². The summed E-state index contributed by atoms with van der Waals surface area (Å²) in [5.41, 5.74) is 13.1. The van der Waals surface area contributed by atoms with Gasteiger partial charge < -0.3 is 4.90 Å². The average molecular weight is 818 g/mol. The summed E-state index contributed by atoms with van der Waals surface area (Å²) in [6.07, 6.45) is 0. The highest BCUT2D eigenvalue weighted by atomic mass is 32.1. The van der Waals surface area contributed by atoms with Crippen LogP contribution in [0, 0.1) is 0 Å². The van der Waals surface area contributed by atoms with E-state index in [2.05, 4.69) is 241 Å². The molecule has 12 aromatic rings. The van der Waals surface area contributed by atoms with Gasteiger partial charge in [0.05, 0.1) is 5.41 Å². The molecule has 0 aliphatic heterocycles. The molecule has 1 aromatic heterocycles. The van der Waals surface area contributed by atoms with E-state index in [1.807, 2.05) is 11.3 Å². The van der Waals surface area contributed by atoms with E-state index in [9.17, 15) is 0 Å². The Morgan fingerprint density at radius 2 is 0.762 bits per heavy atom. The minimum Gasteiger partial charge on any atom is -0.310 e. The van der Waals surface area contributed by atoms with Gasteiger partial charge in [0.15, 0.2) is 0 Å². The summed E-state index contributed by atoms with van der Waals surface area (Å²) in [6.45, 7) is 0. The van der Waals surface area contributed by atoms with Crippen molar-refractivity contribution in [3.05, 3.63) is 259 Å². The molecule has 0 fully saturated rings. The number of thiophene rings is 1. The van der Waals surface area contributed by atoms with Crippen molar-refractivity contribution in [1.82, 2.24) is 0 Å². The molecule has 0 unspecified atom stereocenters. The van der Waals surface area contributed by atoms with Gasteiger partial charge >= 0.3 is 0 Å². The second-order valence-corrected chi connectivity index (χ2v) is 17.8. The Balaban J connectivity index is 1.01. The van der Waals surface area contributed by atoms with Crippen LogP contribution in [-0.4, -0.2) is 0 Å². The molecule has 1 heterocycles. The Morgan fingerprint density at radius 3 is 1.41 bits per heavy atom. The van der Waals surface area contributed by atoms with Gasteiger partial charge in [-0.3, -0.25) is 0 Å². The number of hydrogen-bond donors (Lipinski definition) is 0. The van der Waals surface area contributed by atoms with Crippen LogP contribution in [0.1, 0.15) is 22.3 Å². The Labute approximate surface area is 370 Å². The maximum absolute atomic E-state index is 2.43. The van der Waals surface area contributed by atoms with E-state index in [0.717, 1.165) is 17.1 Å². The van der Waals surface area contributed by atoms with Gasteiger partial charge in [0.25, 0.3) is 0 Å². The number of benzene rings is 11. The molecule has 2 heteroatoms. The lowest BCUT2D eigenvalue weighted by atomic mass is 9.68. The van der Waals surface area contributed by atoms with Crippen LogP contribution in [0.4, 0.5) is 17.1 Å². The Hall–Kier alpha value is -7.78. The predicted octanol–water partition coefficient (Wildman–Crippen LogP) is 17.0. The molecule has 294 valence electrons. The van der Waals surface area contributed by atoms with E-state index in [0.29, 0.717) is 0 Å². The molecular weight excluding hydrogens is 779 g/mol. The van der Waals surface area contributed by atoms with Gasteiger partial charge in [-0.1, -0.05) is 188 Å². The van der Waals surface area contributed by atoms with Crippen LogP contribution in [0.5, 0.6) is 0 Å². The number of fused-ring (bicyclic) bond motifs is 12. The number of hydrogen-bond acceptors (Lipinski definition) is 2. The third-order valence-corrected chi connectivity index (χ3v) is 14.7. The molecule has 1 nitrogen and oxygen atoms in total. The van der Waals surface area contributed by atoms with Gasteiger partial charge in [0.2, 0.25) is 0 Å². The van der Waals surface area contributed by atoms with Crippen molar-refractivity contribution >= 4 is 80.9 Å². The molecular formula is C61H39NS. The van der Waals surface area contributed by atoms with Crippen LogP contribution in [0.15, 0.2) is 237 Å². The molecule has 11 aromatic carbocycles. The van der Waals surface area contributed by atoms with Crippen LogP contribution < -0.4 is 4.90 Å². The summed E-state index contributed by atoms with van der Waals surface area (Å²) < 4.78 is 2.64. The van der Waals surface area contributed by atoms with Gasteiger partial charge in [-0.15, -0.1) is 11.3 Å². The summed E-state index contributed by atoms with van der Waals surface area (Å²) in [7, 11) is 0. The lowest BCUT2D eigenvalue weighted by molar-refractivity contribution is 0.768. The predicted molar refractivity (Wildman–Crippen MR) is 269 cm³/mol. The molecule has 0 saturated heterocycles. The van der Waals surface area contributed by atoms with Crippen molar-refractivity contribution in [3.8, 4) is 22.3 Å². The van der Waals surface area contributed by atoms with Gasteiger partial charge in [-0.25, -0.2) is 0 Å². The lowest BCUT2D eigenvalue weighted by Gasteiger charge is -2.34. The van der Waals surface area contributed by atoms with E-state index in [-0.39, 0.29) is 0 Å². The van der Waals surface area contributed by atoms with E-state index in [4.69, 9.17) is 0 Å². The van der Waals surface area contributed by atoms with Crippen LogP contribution in [0.2, 0.25) is 0 Å². The summed E-state index contributed by atoms with van der Waals surface area (Å²) in [5, 5.41) is 10.2. The van der Waals surface area contributed by atoms with Gasteiger partial charge in [0, 0.05) is 37.2 Å². The third-order valence-electron chi connectivity index (χ3n) is 13.5. The van der Waals surface area contributed by atoms with Crippen LogP contribution in [0.3, 0.4) is 0 Å². The normalized spacial score (nSPS) is 12.9. The third kappa shape index (κ3) is 5.35. The first-order valence-corrected chi connectivity index (χ1v) is 22.6. The fourth-order valence-electron chi connectivity index (χ4n) is 10.9. The molecule has 0 spiro atoms. The molecule has 0 bridgehead atoms. The first-order valence-electron chi connectivity index (χ1n) is 21.8. The van der Waals surface area contributed by atoms with Crippen LogP contribution >= 0.6 is 11.3 Å². The Bertz CT molecular complexity index is 3650. The van der Waals surface area contributed by atoms with Crippen molar-refractivity contribution in [2.75, 3.05) is 4.90 Å². The number of nitrogens with zero attached hydrogens (tertiary/aromatic N) is 1. The Kier molecular flexibility index (Phi) is 8.06. The zero-order chi connectivity index (χ0) is 41.5. The summed E-state index contributed by atoms with van der Waals surface area (Å²) >= 11 is 1.87. The SMILES string of the molecule is c1ccc(C2(c3ccc(N(c4ccc(-c5cccc6sc7ccccc7c56)cc4)c4ccc5c6ccccc6c6ccccc6c5c4)cc3)c3ccccc3-c3ccccc32)cc1. The molecule has 0 N–H and O–H groups in total. The Morgan fingerprint density at radius 1 is 0.302 bits per heavy atom. The maximum atomic E-state index is 2.43. The first-order chi connectivity index (χ1) is 31.3. The highest BCUT2D eigenvalue weighted by Gasteiger charge is 2.45. The minimum absolute atomic E-state index is 0.463. The van der Waals surface area contributed by atoms with E-state index >= 15 is 0 Å². The van der Waals surface area contributed by atoms with Crippen molar-refractivity contribution in [2.24, 2.45) is 0 Å². The fraction of sp³-hybridized carbons (Fsp3) is 0.0164. The molecule has 0 saturated carbocycles. The fourth-order valence-corrected chi connectivity index (χ4v) is 12.0. The quantitative estimate of drug-likeness (QED) is 0.151. The summed E-state index contributed by atoms with van der Waals surface area (Å²) in [6, 6.07) is 87.8. The van der Waals surface area contributed by atoms with Crippen LogP contribution in [0.25, 0.3) is 74.7 Å². The number of anilines is 3. The van der Waals surface area contributed by atoms with Gasteiger partial charge in [-0.05, 0) is 125 Å². The molecule has 1 aliphatic carbocycles. The first kappa shape index (κ1) is 35.9. The zero-order valence-corrected chi connectivity index (χ0v) is 35.2. The second kappa shape index (κ2) is 14.1. The van der Waals surface area contributed by atoms with Gasteiger partial charge in [-0.2, -0.15) is 0 Å². The smallest absolute Gasteiger partial charge is 0.0713 e. The minimum atomic E-state index is -0.463. The molecule has 0 amide bonds. The number of rotatable bonds is 6. The largest absolute Gasteiger partial charge is 0.310 e. The lowest BCUT2D eigenvalue weighted by Crippen LogP contribution is -2.28. The van der Waals surface area contributed by atoms with Crippen LogP contribution in [-0.2, 0) is 5.41 Å². The monoisotopic (exact) mass is 817 g/mol. The molecule has 13 rings (SSSR count). The standard InChI is InChI=1S/C61H39NS/c1-2-15-41(16-3-1)61(56-25-11-8-21-52(56)53-22-9-12-26-57(53)61)42-31-35-44(36-32-42)62(45-37-38-51-49-19-5-4-17-47(49)48-18-6-7-20-50(48)55(51)39-45)43-33-29-40(30-34-43)46-24-14-28-59-60(46)54-23-10-13-27-58(54)63-59/h1-39H. The summed E-state index contributed by atoms with van der Waals surface area (Å²) in [5.74, 6) is 0. The van der Waals surface area contributed by atoms with Gasteiger partial charge in [0.1, 0.15) is 0 Å². The van der Waals surface area contributed by atoms with E-state index < -0.39 is 5.41 Å². The molecule has 0 atom stereocenters. The zero-order valence-electron chi connectivity index (χ0n) is 34.4. The molecule has 63 heavy (non-hydrogen) atoms. The maximum Gasteiger partial charge on any atom is 0.0713 e. The molecule has 0 radical (unpaired) electrons. The average Bonchev–Trinajstić information content (AvgIpc) is 3.89. The second-order valence-electron chi connectivity index (χ2n) is 16.7. The highest BCUT2D eigenvalue weighted by Crippen LogP contribution is 2.56. The topological polar surface area (TPSA) is 3.24 Å². The van der Waals surface area contributed by atoms with Crippen molar-refractivity contribution in [1.29, 1.82) is 0 Å². The van der Waals surface area contributed by atoms with E-state index in [1.165, 1.54) is 97.0 Å².